The van der Waals surface area contributed by atoms with Gasteiger partial charge in [-0.3, -0.25) is 0 Å². The average molecular weight is 209 g/mol. The van der Waals surface area contributed by atoms with E-state index in [1.54, 1.807) is 0 Å². The van der Waals surface area contributed by atoms with Crippen LogP contribution in [0.4, 0.5) is 0 Å². The van der Waals surface area contributed by atoms with Crippen LogP contribution in [0.2, 0.25) is 0 Å². The summed E-state index contributed by atoms with van der Waals surface area (Å²) in [7, 11) is 2.28. The quantitative estimate of drug-likeness (QED) is 0.638. The fraction of sp³-hybridized carbons (Fsp3) is 1.00. The Bertz CT molecular complexity index is 223. The van der Waals surface area contributed by atoms with Crippen LogP contribution in [0.25, 0.3) is 0 Å². The van der Waals surface area contributed by atoms with E-state index in [0.29, 0.717) is 10.8 Å². The standard InChI is InChI=1S/C14H27N/c1-12(2)13(3)5-7-14(8-6-13)9-10-15(4)11-14/h12H,5-11H2,1-4H3. The van der Waals surface area contributed by atoms with Crippen molar-refractivity contribution >= 4 is 0 Å². The first kappa shape index (κ1) is 11.4. The van der Waals surface area contributed by atoms with Gasteiger partial charge in [0.05, 0.1) is 0 Å². The molecule has 1 saturated carbocycles. The summed E-state index contributed by atoms with van der Waals surface area (Å²) >= 11 is 0. The lowest BCUT2D eigenvalue weighted by molar-refractivity contribution is 0.0603. The van der Waals surface area contributed by atoms with Gasteiger partial charge in [0.1, 0.15) is 0 Å². The molecule has 15 heavy (non-hydrogen) atoms. The highest BCUT2D eigenvalue weighted by Gasteiger charge is 2.44. The van der Waals surface area contributed by atoms with Crippen LogP contribution in [-0.4, -0.2) is 25.0 Å². The highest BCUT2D eigenvalue weighted by molar-refractivity contribution is 4.96. The van der Waals surface area contributed by atoms with Crippen molar-refractivity contribution < 1.29 is 0 Å². The van der Waals surface area contributed by atoms with Gasteiger partial charge >= 0.3 is 0 Å². The summed E-state index contributed by atoms with van der Waals surface area (Å²) in [5.74, 6) is 0.856. The number of rotatable bonds is 1. The van der Waals surface area contributed by atoms with E-state index in [4.69, 9.17) is 0 Å². The smallest absolute Gasteiger partial charge is 0.00354 e. The molecule has 0 radical (unpaired) electrons. The van der Waals surface area contributed by atoms with Gasteiger partial charge in [-0.1, -0.05) is 20.8 Å². The Morgan fingerprint density at radius 1 is 1.00 bits per heavy atom. The van der Waals surface area contributed by atoms with Gasteiger partial charge in [-0.2, -0.15) is 0 Å². The monoisotopic (exact) mass is 209 g/mol. The number of nitrogens with zero attached hydrogens (tertiary/aromatic N) is 1. The van der Waals surface area contributed by atoms with Crippen LogP contribution in [-0.2, 0) is 0 Å². The lowest BCUT2D eigenvalue weighted by Gasteiger charge is -2.45. The molecule has 1 saturated heterocycles. The van der Waals surface area contributed by atoms with E-state index in [1.807, 2.05) is 0 Å². The van der Waals surface area contributed by atoms with Gasteiger partial charge in [0, 0.05) is 6.54 Å². The van der Waals surface area contributed by atoms with E-state index in [0.717, 1.165) is 5.92 Å². The topological polar surface area (TPSA) is 3.24 Å². The Morgan fingerprint density at radius 3 is 2.00 bits per heavy atom. The minimum Gasteiger partial charge on any atom is -0.306 e. The van der Waals surface area contributed by atoms with E-state index in [2.05, 4.69) is 32.7 Å². The summed E-state index contributed by atoms with van der Waals surface area (Å²) in [6.07, 6.45) is 7.33. The Kier molecular flexibility index (Phi) is 2.87. The normalized spacial score (nSPS) is 43.0. The van der Waals surface area contributed by atoms with Gasteiger partial charge in [0.2, 0.25) is 0 Å². The van der Waals surface area contributed by atoms with E-state index in [9.17, 15) is 0 Å². The van der Waals surface area contributed by atoms with Gasteiger partial charge in [-0.15, -0.1) is 0 Å². The third-order valence-electron chi connectivity index (χ3n) is 5.48. The summed E-state index contributed by atoms with van der Waals surface area (Å²) in [5, 5.41) is 0. The maximum absolute atomic E-state index is 2.53. The fourth-order valence-corrected chi connectivity index (χ4v) is 3.50. The first-order chi connectivity index (χ1) is 6.96. The maximum atomic E-state index is 2.53. The van der Waals surface area contributed by atoms with Crippen molar-refractivity contribution in [1.29, 1.82) is 0 Å². The van der Waals surface area contributed by atoms with Crippen molar-refractivity contribution in [2.24, 2.45) is 16.7 Å². The molecule has 0 bridgehead atoms. The van der Waals surface area contributed by atoms with Crippen molar-refractivity contribution in [3.05, 3.63) is 0 Å². The van der Waals surface area contributed by atoms with E-state index in [1.165, 1.54) is 45.2 Å². The molecular weight excluding hydrogens is 182 g/mol. The Labute approximate surface area is 95.2 Å². The molecule has 0 aromatic heterocycles. The van der Waals surface area contributed by atoms with Crippen LogP contribution >= 0.6 is 0 Å². The Morgan fingerprint density at radius 2 is 1.60 bits per heavy atom. The second-order valence-electron chi connectivity index (χ2n) is 6.80. The SMILES string of the molecule is CC(C)C1(C)CCC2(CCN(C)C2)CC1. The van der Waals surface area contributed by atoms with Gasteiger partial charge in [-0.25, -0.2) is 0 Å². The van der Waals surface area contributed by atoms with Gasteiger partial charge in [0.25, 0.3) is 0 Å². The molecule has 1 heterocycles. The zero-order valence-corrected chi connectivity index (χ0v) is 11.0. The average Bonchev–Trinajstić information content (AvgIpc) is 2.54. The molecule has 0 amide bonds. The van der Waals surface area contributed by atoms with Gasteiger partial charge in [0.15, 0.2) is 0 Å². The zero-order chi connectivity index (χ0) is 11.1. The molecule has 1 heteroatoms. The van der Waals surface area contributed by atoms with Crippen LogP contribution < -0.4 is 0 Å². The molecule has 0 unspecified atom stereocenters. The van der Waals surface area contributed by atoms with Crippen molar-refractivity contribution in [1.82, 2.24) is 4.90 Å². The molecular formula is C14H27N. The molecule has 0 atom stereocenters. The molecule has 0 aromatic carbocycles. The van der Waals surface area contributed by atoms with Crippen molar-refractivity contribution in [2.45, 2.75) is 52.9 Å². The zero-order valence-electron chi connectivity index (χ0n) is 11.0. The summed E-state index contributed by atoms with van der Waals surface area (Å²) in [5.41, 5.74) is 1.34. The fourth-order valence-electron chi connectivity index (χ4n) is 3.50. The van der Waals surface area contributed by atoms with Crippen LogP contribution in [0.5, 0.6) is 0 Å². The highest BCUT2D eigenvalue weighted by Crippen LogP contribution is 2.52. The first-order valence-corrected chi connectivity index (χ1v) is 6.64. The molecule has 0 aromatic rings. The van der Waals surface area contributed by atoms with Crippen LogP contribution in [0, 0.1) is 16.7 Å². The largest absolute Gasteiger partial charge is 0.306 e. The van der Waals surface area contributed by atoms with Crippen molar-refractivity contribution in [2.75, 3.05) is 20.1 Å². The Hall–Kier alpha value is -0.0400. The van der Waals surface area contributed by atoms with Gasteiger partial charge in [-0.05, 0) is 62.4 Å². The number of hydrogen-bond donors (Lipinski definition) is 0. The van der Waals surface area contributed by atoms with E-state index < -0.39 is 0 Å². The predicted octanol–water partition coefficient (Wildman–Crippen LogP) is 3.54. The molecule has 2 rings (SSSR count). The van der Waals surface area contributed by atoms with Crippen LogP contribution in [0.1, 0.15) is 52.9 Å². The molecule has 1 nitrogen and oxygen atoms in total. The van der Waals surface area contributed by atoms with Crippen LogP contribution in [0.15, 0.2) is 0 Å². The molecule has 0 N–H and O–H groups in total. The third kappa shape index (κ3) is 2.08. The van der Waals surface area contributed by atoms with Crippen molar-refractivity contribution in [3.8, 4) is 0 Å². The first-order valence-electron chi connectivity index (χ1n) is 6.64. The van der Waals surface area contributed by atoms with E-state index in [-0.39, 0.29) is 0 Å². The van der Waals surface area contributed by atoms with Gasteiger partial charge < -0.3 is 4.90 Å². The molecule has 1 spiro atoms. The van der Waals surface area contributed by atoms with E-state index >= 15 is 0 Å². The summed E-state index contributed by atoms with van der Waals surface area (Å²) in [6, 6.07) is 0. The second-order valence-corrected chi connectivity index (χ2v) is 6.80. The lowest BCUT2D eigenvalue weighted by Crippen LogP contribution is -2.37. The predicted molar refractivity (Wildman–Crippen MR) is 66.0 cm³/mol. The minimum atomic E-state index is 0.631. The maximum Gasteiger partial charge on any atom is 0.00354 e. The third-order valence-corrected chi connectivity index (χ3v) is 5.48. The Balaban J connectivity index is 1.97. The van der Waals surface area contributed by atoms with Crippen molar-refractivity contribution in [3.63, 3.8) is 0 Å². The summed E-state index contributed by atoms with van der Waals surface area (Å²) < 4.78 is 0. The summed E-state index contributed by atoms with van der Waals surface area (Å²) in [4.78, 5) is 2.53. The molecule has 1 aliphatic heterocycles. The summed E-state index contributed by atoms with van der Waals surface area (Å²) in [6.45, 7) is 10.0. The van der Waals surface area contributed by atoms with Crippen LogP contribution in [0.3, 0.4) is 0 Å². The molecule has 2 aliphatic rings. The molecule has 88 valence electrons. The molecule has 1 aliphatic carbocycles. The minimum absolute atomic E-state index is 0.631. The number of likely N-dealkylation sites (tertiary alicyclic amines) is 1. The number of hydrogen-bond acceptors (Lipinski definition) is 1. The molecule has 2 fully saturated rings. The lowest BCUT2D eigenvalue weighted by atomic mass is 9.60. The second kappa shape index (κ2) is 3.76. The highest BCUT2D eigenvalue weighted by atomic mass is 15.1.